The number of benzene rings is 3. The maximum atomic E-state index is 13.4. The summed E-state index contributed by atoms with van der Waals surface area (Å²) in [6, 6.07) is 15.4. The van der Waals surface area contributed by atoms with Gasteiger partial charge in [0.25, 0.3) is 11.8 Å². The van der Waals surface area contributed by atoms with Crippen molar-refractivity contribution in [2.24, 2.45) is 0 Å². The molecule has 0 bridgehead atoms. The first-order valence-corrected chi connectivity index (χ1v) is 14.5. The smallest absolute Gasteiger partial charge is 0.339 e. The van der Waals surface area contributed by atoms with Gasteiger partial charge in [0, 0.05) is 0 Å². The largest absolute Gasteiger partial charge is 0.490 e. The molecular weight excluding hydrogens is 635 g/mol. The highest BCUT2D eigenvalue weighted by atomic mass is 127. The van der Waals surface area contributed by atoms with Crippen LogP contribution in [0.5, 0.6) is 11.5 Å². The second kappa shape index (κ2) is 11.6. The van der Waals surface area contributed by atoms with Crippen molar-refractivity contribution in [1.82, 2.24) is 5.32 Å². The minimum absolute atomic E-state index is 0.0147. The van der Waals surface area contributed by atoms with Gasteiger partial charge in [0.15, 0.2) is 11.5 Å². The fraction of sp³-hybridized carbons (Fsp3) is 0.179. The molecule has 1 aliphatic rings. The van der Waals surface area contributed by atoms with Gasteiger partial charge in [-0.25, -0.2) is 9.69 Å². The minimum atomic E-state index is -4.16. The van der Waals surface area contributed by atoms with E-state index in [-0.39, 0.29) is 28.6 Å². The van der Waals surface area contributed by atoms with Crippen LogP contribution in [-0.2, 0) is 26.1 Å². The number of urea groups is 1. The fourth-order valence-electron chi connectivity index (χ4n) is 3.95. The number of hydrogen-bond donors (Lipinski definition) is 1. The Bertz CT molecular complexity index is 1600. The highest BCUT2D eigenvalue weighted by Gasteiger charge is 2.37. The SMILES string of the molecule is CCOc1cc(/C=C2/C(=O)NC(=O)N(c3ccccc3CC)C2=O)cc(I)c1OS(=O)(=O)c1ccc(C)cc1. The second-order valence-corrected chi connectivity index (χ2v) is 11.3. The van der Waals surface area contributed by atoms with Crippen molar-refractivity contribution >= 4 is 62.3 Å². The molecule has 0 radical (unpaired) electrons. The zero-order chi connectivity index (χ0) is 28.3. The molecule has 3 aromatic carbocycles. The molecular formula is C28H25IN2O7S. The van der Waals surface area contributed by atoms with Crippen LogP contribution < -0.4 is 19.1 Å². The molecule has 9 nitrogen and oxygen atoms in total. The number of aryl methyl sites for hydroxylation is 2. The molecule has 39 heavy (non-hydrogen) atoms. The number of ether oxygens (including phenoxy) is 1. The minimum Gasteiger partial charge on any atom is -0.490 e. The molecule has 1 N–H and O–H groups in total. The van der Waals surface area contributed by atoms with Crippen LogP contribution in [0.15, 0.2) is 71.1 Å². The van der Waals surface area contributed by atoms with Gasteiger partial charge in [-0.2, -0.15) is 8.42 Å². The number of hydrogen-bond acceptors (Lipinski definition) is 7. The Kier molecular flexibility index (Phi) is 8.40. The van der Waals surface area contributed by atoms with Crippen LogP contribution in [0.2, 0.25) is 0 Å². The molecule has 0 unspecified atom stereocenters. The van der Waals surface area contributed by atoms with Gasteiger partial charge in [-0.3, -0.25) is 14.9 Å². The van der Waals surface area contributed by atoms with Gasteiger partial charge < -0.3 is 8.92 Å². The van der Waals surface area contributed by atoms with E-state index < -0.39 is 28.0 Å². The molecule has 0 aromatic heterocycles. The lowest BCUT2D eigenvalue weighted by Gasteiger charge is -2.28. The quantitative estimate of drug-likeness (QED) is 0.157. The molecule has 4 amide bonds. The Labute approximate surface area is 240 Å². The molecule has 0 atom stereocenters. The zero-order valence-corrected chi connectivity index (χ0v) is 24.3. The van der Waals surface area contributed by atoms with Crippen LogP contribution in [-0.4, -0.2) is 32.9 Å². The third-order valence-electron chi connectivity index (χ3n) is 5.86. The molecule has 0 saturated carbocycles. The third-order valence-corrected chi connectivity index (χ3v) is 7.90. The summed E-state index contributed by atoms with van der Waals surface area (Å²) in [5.74, 6) is -1.53. The van der Waals surface area contributed by atoms with Gasteiger partial charge in [0.2, 0.25) is 0 Å². The average molecular weight is 660 g/mol. The normalized spacial score (nSPS) is 14.9. The summed E-state index contributed by atoms with van der Waals surface area (Å²) < 4.78 is 37.4. The highest BCUT2D eigenvalue weighted by molar-refractivity contribution is 14.1. The molecule has 1 fully saturated rings. The molecule has 1 aliphatic heterocycles. The van der Waals surface area contributed by atoms with Crippen molar-refractivity contribution in [3.8, 4) is 11.5 Å². The van der Waals surface area contributed by atoms with Crippen molar-refractivity contribution in [3.63, 3.8) is 0 Å². The van der Waals surface area contributed by atoms with E-state index >= 15 is 0 Å². The van der Waals surface area contributed by atoms with E-state index in [0.717, 1.165) is 16.0 Å². The highest BCUT2D eigenvalue weighted by Crippen LogP contribution is 2.37. The lowest BCUT2D eigenvalue weighted by Crippen LogP contribution is -2.54. The first-order chi connectivity index (χ1) is 18.6. The van der Waals surface area contributed by atoms with Crippen LogP contribution >= 0.6 is 22.6 Å². The van der Waals surface area contributed by atoms with Gasteiger partial charge in [0.05, 0.1) is 15.9 Å². The monoisotopic (exact) mass is 660 g/mol. The van der Waals surface area contributed by atoms with E-state index in [9.17, 15) is 22.8 Å². The van der Waals surface area contributed by atoms with E-state index in [1.54, 1.807) is 49.4 Å². The summed E-state index contributed by atoms with van der Waals surface area (Å²) in [7, 11) is -4.16. The van der Waals surface area contributed by atoms with Gasteiger partial charge in [-0.15, -0.1) is 0 Å². The van der Waals surface area contributed by atoms with Gasteiger partial charge in [-0.05, 0) is 90.4 Å². The number of carbonyl (C=O) groups is 3. The summed E-state index contributed by atoms with van der Waals surface area (Å²) in [6.45, 7) is 5.66. The summed E-state index contributed by atoms with van der Waals surface area (Å²) in [4.78, 5) is 39.6. The standard InChI is InChI=1S/C28H25IN2O7S/c1-4-19-8-6-7-9-23(19)31-27(33)21(26(32)30-28(31)34)14-18-15-22(29)25(24(16-18)37-5-2)38-39(35,36)20-12-10-17(3)11-13-20/h6-16H,4-5H2,1-3H3,(H,30,32,34)/b21-14-. The number of amides is 4. The van der Waals surface area contributed by atoms with Gasteiger partial charge >= 0.3 is 16.1 Å². The first kappa shape index (κ1) is 28.3. The van der Waals surface area contributed by atoms with Crippen molar-refractivity contribution < 1.29 is 31.7 Å². The van der Waals surface area contributed by atoms with E-state index in [0.29, 0.717) is 21.2 Å². The number of para-hydroxylation sites is 1. The maximum absolute atomic E-state index is 13.4. The second-order valence-electron chi connectivity index (χ2n) is 8.55. The van der Waals surface area contributed by atoms with E-state index in [1.807, 2.05) is 36.4 Å². The Morgan fingerprint density at radius 1 is 1.00 bits per heavy atom. The van der Waals surface area contributed by atoms with Crippen molar-refractivity contribution in [2.45, 2.75) is 32.1 Å². The summed E-state index contributed by atoms with van der Waals surface area (Å²) in [6.07, 6.45) is 1.90. The van der Waals surface area contributed by atoms with Crippen LogP contribution in [0.25, 0.3) is 6.08 Å². The average Bonchev–Trinajstić information content (AvgIpc) is 2.89. The molecule has 0 aliphatic carbocycles. The van der Waals surface area contributed by atoms with Crippen LogP contribution in [0.4, 0.5) is 10.5 Å². The fourth-order valence-corrected chi connectivity index (χ4v) is 5.79. The van der Waals surface area contributed by atoms with Crippen molar-refractivity contribution in [2.75, 3.05) is 11.5 Å². The van der Waals surface area contributed by atoms with Gasteiger partial charge in [0.1, 0.15) is 10.5 Å². The summed E-state index contributed by atoms with van der Waals surface area (Å²) in [5.41, 5.74) is 2.16. The van der Waals surface area contributed by atoms with Crippen LogP contribution in [0.1, 0.15) is 30.5 Å². The molecule has 4 rings (SSSR count). The van der Waals surface area contributed by atoms with Crippen molar-refractivity contribution in [3.05, 3.63) is 86.5 Å². The Morgan fingerprint density at radius 2 is 1.69 bits per heavy atom. The zero-order valence-electron chi connectivity index (χ0n) is 21.4. The van der Waals surface area contributed by atoms with E-state index in [2.05, 4.69) is 5.32 Å². The van der Waals surface area contributed by atoms with Crippen LogP contribution in [0, 0.1) is 10.5 Å². The number of barbiturate groups is 1. The molecule has 3 aromatic rings. The Morgan fingerprint density at radius 3 is 2.36 bits per heavy atom. The molecule has 1 saturated heterocycles. The van der Waals surface area contributed by atoms with Gasteiger partial charge in [-0.1, -0.05) is 42.8 Å². The Balaban J connectivity index is 1.73. The lowest BCUT2D eigenvalue weighted by molar-refractivity contribution is -0.122. The van der Waals surface area contributed by atoms with E-state index in [4.69, 9.17) is 8.92 Å². The van der Waals surface area contributed by atoms with E-state index in [1.165, 1.54) is 24.3 Å². The number of halogens is 1. The molecule has 202 valence electrons. The lowest BCUT2D eigenvalue weighted by atomic mass is 10.0. The number of imide groups is 2. The number of anilines is 1. The van der Waals surface area contributed by atoms with Crippen LogP contribution in [0.3, 0.4) is 0 Å². The molecule has 0 spiro atoms. The number of nitrogens with zero attached hydrogens (tertiary/aromatic N) is 1. The number of nitrogens with one attached hydrogen (secondary N) is 1. The summed E-state index contributed by atoms with van der Waals surface area (Å²) in [5, 5.41) is 2.22. The first-order valence-electron chi connectivity index (χ1n) is 12.0. The summed E-state index contributed by atoms with van der Waals surface area (Å²) >= 11 is 1.90. The maximum Gasteiger partial charge on any atom is 0.339 e. The topological polar surface area (TPSA) is 119 Å². The third kappa shape index (κ3) is 5.98. The Hall–Kier alpha value is -3.71. The predicted octanol–water partition coefficient (Wildman–Crippen LogP) is 4.99. The predicted molar refractivity (Wildman–Crippen MR) is 154 cm³/mol. The number of carbonyl (C=O) groups excluding carboxylic acids is 3. The molecule has 11 heteroatoms. The van der Waals surface area contributed by atoms with Crippen molar-refractivity contribution in [1.29, 1.82) is 0 Å². The number of rotatable bonds is 8. The molecule has 1 heterocycles.